The number of carboxylic acids is 1. The molecule has 0 spiro atoms. The predicted molar refractivity (Wildman–Crippen MR) is 88.5 cm³/mol. The van der Waals surface area contributed by atoms with Crippen molar-refractivity contribution >= 4 is 21.8 Å². The fourth-order valence-corrected chi connectivity index (χ4v) is 4.17. The third kappa shape index (κ3) is 3.51. The first-order valence-corrected chi connectivity index (χ1v) is 9.13. The van der Waals surface area contributed by atoms with Crippen LogP contribution in [0.25, 0.3) is 0 Å². The topological polar surface area (TPSA) is 90.8 Å². The van der Waals surface area contributed by atoms with Gasteiger partial charge in [-0.3, -0.25) is 0 Å². The molecule has 0 aliphatic carbocycles. The first-order chi connectivity index (χ1) is 12.3. The van der Waals surface area contributed by atoms with Crippen LogP contribution in [0.1, 0.15) is 10.5 Å². The van der Waals surface area contributed by atoms with Gasteiger partial charge in [0.2, 0.25) is 10.0 Å². The number of hydrogen-bond acceptors (Lipinski definition) is 5. The zero-order chi connectivity index (χ0) is 18.9. The van der Waals surface area contributed by atoms with Crippen molar-refractivity contribution < 1.29 is 27.1 Å². The Labute approximate surface area is 148 Å². The van der Waals surface area contributed by atoms with Crippen LogP contribution >= 0.6 is 0 Å². The first-order valence-electron chi connectivity index (χ1n) is 7.69. The zero-order valence-electron chi connectivity index (χ0n) is 13.5. The maximum absolute atomic E-state index is 13.8. The number of aromatic nitrogens is 1. The van der Waals surface area contributed by atoms with Gasteiger partial charge < -0.3 is 10.0 Å². The normalized spacial score (nSPS) is 15.8. The van der Waals surface area contributed by atoms with E-state index in [0.717, 1.165) is 16.4 Å². The Bertz CT molecular complexity index is 944. The largest absolute Gasteiger partial charge is 0.477 e. The van der Waals surface area contributed by atoms with E-state index >= 15 is 0 Å². The Morgan fingerprint density at radius 1 is 1.08 bits per heavy atom. The van der Waals surface area contributed by atoms with Crippen molar-refractivity contribution in [3.8, 4) is 0 Å². The van der Waals surface area contributed by atoms with Crippen LogP contribution in [-0.4, -0.2) is 55.0 Å². The van der Waals surface area contributed by atoms with Crippen molar-refractivity contribution in [3.05, 3.63) is 53.7 Å². The number of piperazine rings is 1. The second-order valence-corrected chi connectivity index (χ2v) is 7.56. The molecule has 3 rings (SSSR count). The van der Waals surface area contributed by atoms with Crippen molar-refractivity contribution in [3.63, 3.8) is 0 Å². The van der Waals surface area contributed by atoms with Gasteiger partial charge in [0.25, 0.3) is 0 Å². The molecular formula is C16H15F2N3O4S. The lowest BCUT2D eigenvalue weighted by Crippen LogP contribution is -2.49. The molecule has 138 valence electrons. The van der Waals surface area contributed by atoms with Crippen molar-refractivity contribution in [2.24, 2.45) is 0 Å². The number of pyridine rings is 1. The molecule has 0 saturated carbocycles. The van der Waals surface area contributed by atoms with E-state index in [1.807, 2.05) is 0 Å². The van der Waals surface area contributed by atoms with Crippen LogP contribution in [0, 0.1) is 11.6 Å². The van der Waals surface area contributed by atoms with E-state index in [4.69, 9.17) is 5.11 Å². The Kier molecular flexibility index (Phi) is 4.88. The number of nitrogens with zero attached hydrogens (tertiary/aromatic N) is 3. The smallest absolute Gasteiger partial charge is 0.354 e. The van der Waals surface area contributed by atoms with Gasteiger partial charge in [-0.2, -0.15) is 4.31 Å². The van der Waals surface area contributed by atoms with Crippen molar-refractivity contribution in [1.82, 2.24) is 9.29 Å². The number of hydrogen-bond donors (Lipinski definition) is 1. The van der Waals surface area contributed by atoms with E-state index in [2.05, 4.69) is 4.98 Å². The highest BCUT2D eigenvalue weighted by atomic mass is 32.2. The molecule has 0 atom stereocenters. The molecule has 1 saturated heterocycles. The van der Waals surface area contributed by atoms with Crippen LogP contribution in [0.5, 0.6) is 0 Å². The lowest BCUT2D eigenvalue weighted by atomic mass is 10.3. The Morgan fingerprint density at radius 2 is 1.77 bits per heavy atom. The Hall–Kier alpha value is -2.59. The highest BCUT2D eigenvalue weighted by molar-refractivity contribution is 7.89. The molecule has 1 aliphatic heterocycles. The lowest BCUT2D eigenvalue weighted by Gasteiger charge is -2.34. The molecule has 7 nitrogen and oxygen atoms in total. The monoisotopic (exact) mass is 383 g/mol. The summed E-state index contributed by atoms with van der Waals surface area (Å²) >= 11 is 0. The number of anilines is 1. The molecule has 0 bridgehead atoms. The zero-order valence-corrected chi connectivity index (χ0v) is 14.3. The van der Waals surface area contributed by atoms with E-state index in [1.165, 1.54) is 6.07 Å². The summed E-state index contributed by atoms with van der Waals surface area (Å²) in [6, 6.07) is 6.89. The van der Waals surface area contributed by atoms with Gasteiger partial charge in [0, 0.05) is 32.2 Å². The molecule has 0 radical (unpaired) electrons. The predicted octanol–water partition coefficient (Wildman–Crippen LogP) is 1.57. The Balaban J connectivity index is 1.75. The van der Waals surface area contributed by atoms with Crippen LogP contribution < -0.4 is 4.90 Å². The summed E-state index contributed by atoms with van der Waals surface area (Å²) in [6.07, 6.45) is 0. The van der Waals surface area contributed by atoms with Gasteiger partial charge in [-0.1, -0.05) is 6.07 Å². The van der Waals surface area contributed by atoms with Crippen molar-refractivity contribution in [1.29, 1.82) is 0 Å². The highest BCUT2D eigenvalue weighted by Gasteiger charge is 2.31. The number of carboxylic acid groups (broad SMARTS) is 1. The standard InChI is InChI=1S/C16H15F2N3O4S/c17-11-4-5-14(12(18)10-11)26(24,25)21-8-6-20(7-9-21)15-3-1-2-13(19-15)16(22)23/h1-5,10H,6-9H2,(H,22,23). The van der Waals surface area contributed by atoms with Gasteiger partial charge in [0.15, 0.2) is 5.69 Å². The summed E-state index contributed by atoms with van der Waals surface area (Å²) in [6.45, 7) is 0.659. The molecule has 0 unspecified atom stereocenters. The van der Waals surface area contributed by atoms with Crippen LogP contribution in [0.4, 0.5) is 14.6 Å². The fraction of sp³-hybridized carbons (Fsp3) is 0.250. The van der Waals surface area contributed by atoms with Crippen LogP contribution in [0.15, 0.2) is 41.3 Å². The summed E-state index contributed by atoms with van der Waals surface area (Å²) in [4.78, 5) is 16.2. The summed E-state index contributed by atoms with van der Waals surface area (Å²) in [5.74, 6) is -2.71. The molecule has 1 aliphatic rings. The van der Waals surface area contributed by atoms with E-state index in [9.17, 15) is 22.0 Å². The van der Waals surface area contributed by atoms with Crippen LogP contribution in [0.2, 0.25) is 0 Å². The van der Waals surface area contributed by atoms with E-state index in [-0.39, 0.29) is 31.9 Å². The molecule has 1 aromatic carbocycles. The molecule has 2 aromatic rings. The summed E-state index contributed by atoms with van der Waals surface area (Å²) < 4.78 is 53.1. The minimum Gasteiger partial charge on any atom is -0.477 e. The van der Waals surface area contributed by atoms with E-state index in [0.29, 0.717) is 11.9 Å². The van der Waals surface area contributed by atoms with Gasteiger partial charge in [-0.15, -0.1) is 0 Å². The average molecular weight is 383 g/mol. The third-order valence-electron chi connectivity index (χ3n) is 4.03. The molecular weight excluding hydrogens is 368 g/mol. The molecule has 26 heavy (non-hydrogen) atoms. The van der Waals surface area contributed by atoms with Gasteiger partial charge in [-0.25, -0.2) is 27.0 Å². The number of halogens is 2. The molecule has 2 heterocycles. The molecule has 1 fully saturated rings. The van der Waals surface area contributed by atoms with Gasteiger partial charge >= 0.3 is 5.97 Å². The van der Waals surface area contributed by atoms with Gasteiger partial charge in [0.05, 0.1) is 0 Å². The summed E-state index contributed by atoms with van der Waals surface area (Å²) in [5, 5.41) is 9.00. The average Bonchev–Trinajstić information content (AvgIpc) is 2.61. The number of aromatic carboxylic acids is 1. The first kappa shape index (κ1) is 18.2. The maximum atomic E-state index is 13.8. The number of benzene rings is 1. The van der Waals surface area contributed by atoms with Gasteiger partial charge in [-0.05, 0) is 24.3 Å². The maximum Gasteiger partial charge on any atom is 0.354 e. The van der Waals surface area contributed by atoms with Crippen molar-refractivity contribution in [2.75, 3.05) is 31.1 Å². The SMILES string of the molecule is O=C(O)c1cccc(N2CCN(S(=O)(=O)c3ccc(F)cc3F)CC2)n1. The Morgan fingerprint density at radius 3 is 2.38 bits per heavy atom. The molecule has 0 amide bonds. The van der Waals surface area contributed by atoms with Crippen LogP contribution in [0.3, 0.4) is 0 Å². The highest BCUT2D eigenvalue weighted by Crippen LogP contribution is 2.23. The van der Waals surface area contributed by atoms with Crippen molar-refractivity contribution in [2.45, 2.75) is 4.90 Å². The summed E-state index contributed by atoms with van der Waals surface area (Å²) in [7, 11) is -4.09. The van der Waals surface area contributed by atoms with Gasteiger partial charge in [0.1, 0.15) is 22.3 Å². The van der Waals surface area contributed by atoms with E-state index in [1.54, 1.807) is 17.0 Å². The number of carbonyl (C=O) groups is 1. The third-order valence-corrected chi connectivity index (χ3v) is 5.96. The minimum atomic E-state index is -4.09. The number of sulfonamides is 1. The molecule has 10 heteroatoms. The fourth-order valence-electron chi connectivity index (χ4n) is 2.70. The second kappa shape index (κ2) is 6.96. The van der Waals surface area contributed by atoms with Crippen LogP contribution in [-0.2, 0) is 10.0 Å². The molecule has 1 N–H and O–H groups in total. The lowest BCUT2D eigenvalue weighted by molar-refractivity contribution is 0.0690. The molecule has 1 aromatic heterocycles. The quantitative estimate of drug-likeness (QED) is 0.862. The number of rotatable bonds is 4. The van der Waals surface area contributed by atoms with E-state index < -0.39 is 32.5 Å². The minimum absolute atomic E-state index is 0.0676. The second-order valence-electron chi connectivity index (χ2n) is 5.65. The summed E-state index contributed by atoms with van der Waals surface area (Å²) in [5.41, 5.74) is -0.106.